The minimum absolute atomic E-state index is 0. The molecule has 0 aromatic heterocycles. The molecule has 2 rings (SSSR count). The molecule has 0 spiro atoms. The first-order valence-electron chi connectivity index (χ1n) is 7.48. The number of piperazine rings is 1. The quantitative estimate of drug-likeness (QED) is 0.595. The molecule has 0 bridgehead atoms. The first-order chi connectivity index (χ1) is 11.1. The van der Waals surface area contributed by atoms with Crippen molar-refractivity contribution in [3.63, 3.8) is 0 Å². The number of benzene rings is 1. The average Bonchev–Trinajstić information content (AvgIpc) is 2.51. The van der Waals surface area contributed by atoms with E-state index in [2.05, 4.69) is 11.9 Å². The van der Waals surface area contributed by atoms with Crippen molar-refractivity contribution in [2.75, 3.05) is 26.2 Å². The standard InChI is InChI=1S/C16H18F6N2.ClH/c1-2-3-14(24-6-4-23-5-7-24)11-8-12(15(17,18)19)10-13(9-11)16(20,21)22;/h2,8-10,14,23H,1,3-7H2;1H/t14-;/m1./s1. The van der Waals surface area contributed by atoms with Gasteiger partial charge in [-0.15, -0.1) is 19.0 Å². The summed E-state index contributed by atoms with van der Waals surface area (Å²) in [5, 5.41) is 3.11. The van der Waals surface area contributed by atoms with Gasteiger partial charge in [-0.3, -0.25) is 4.90 Å². The summed E-state index contributed by atoms with van der Waals surface area (Å²) in [6, 6.07) is 1.22. The van der Waals surface area contributed by atoms with Crippen molar-refractivity contribution in [2.45, 2.75) is 24.8 Å². The smallest absolute Gasteiger partial charge is 0.314 e. The van der Waals surface area contributed by atoms with Crippen LogP contribution >= 0.6 is 12.4 Å². The Bertz CT molecular complexity index is 547. The Hall–Kier alpha value is -1.25. The van der Waals surface area contributed by atoms with Crippen molar-refractivity contribution >= 4 is 12.4 Å². The van der Waals surface area contributed by atoms with Gasteiger partial charge in [0.05, 0.1) is 11.1 Å². The molecule has 1 fully saturated rings. The maximum atomic E-state index is 13.0. The summed E-state index contributed by atoms with van der Waals surface area (Å²) >= 11 is 0. The van der Waals surface area contributed by atoms with Crippen LogP contribution in [0.1, 0.15) is 29.2 Å². The molecule has 0 unspecified atom stereocenters. The van der Waals surface area contributed by atoms with E-state index >= 15 is 0 Å². The van der Waals surface area contributed by atoms with E-state index in [0.29, 0.717) is 26.2 Å². The van der Waals surface area contributed by atoms with Crippen LogP contribution in [0.15, 0.2) is 30.9 Å². The first-order valence-corrected chi connectivity index (χ1v) is 7.48. The number of alkyl halides is 6. The fourth-order valence-electron chi connectivity index (χ4n) is 2.82. The van der Waals surface area contributed by atoms with E-state index < -0.39 is 29.5 Å². The van der Waals surface area contributed by atoms with Crippen LogP contribution in [0.2, 0.25) is 0 Å². The molecule has 0 amide bonds. The van der Waals surface area contributed by atoms with Gasteiger partial charge in [-0.2, -0.15) is 26.3 Å². The number of hydrogen-bond acceptors (Lipinski definition) is 2. The molecule has 0 saturated carbocycles. The third kappa shape index (κ3) is 5.62. The highest BCUT2D eigenvalue weighted by Crippen LogP contribution is 2.39. The van der Waals surface area contributed by atoms with Gasteiger partial charge in [-0.05, 0) is 30.2 Å². The predicted molar refractivity (Wildman–Crippen MR) is 85.7 cm³/mol. The number of nitrogens with zero attached hydrogens (tertiary/aromatic N) is 1. The molecule has 0 radical (unpaired) electrons. The second-order valence-electron chi connectivity index (χ2n) is 5.67. The minimum atomic E-state index is -4.84. The number of rotatable bonds is 4. The van der Waals surface area contributed by atoms with Crippen molar-refractivity contribution < 1.29 is 26.3 Å². The van der Waals surface area contributed by atoms with Crippen LogP contribution in [0.3, 0.4) is 0 Å². The van der Waals surface area contributed by atoms with Crippen molar-refractivity contribution in [1.29, 1.82) is 0 Å². The van der Waals surface area contributed by atoms with Crippen LogP contribution in [-0.2, 0) is 12.4 Å². The molecule has 1 saturated heterocycles. The summed E-state index contributed by atoms with van der Waals surface area (Å²) < 4.78 is 78.1. The van der Waals surface area contributed by atoms with E-state index in [9.17, 15) is 26.3 Å². The predicted octanol–water partition coefficient (Wildman–Crippen LogP) is 4.67. The van der Waals surface area contributed by atoms with Gasteiger partial charge in [-0.25, -0.2) is 0 Å². The fraction of sp³-hybridized carbons (Fsp3) is 0.500. The fourth-order valence-corrected chi connectivity index (χ4v) is 2.82. The molecule has 1 aromatic rings. The van der Waals surface area contributed by atoms with Crippen molar-refractivity contribution in [2.24, 2.45) is 0 Å². The monoisotopic (exact) mass is 388 g/mol. The van der Waals surface area contributed by atoms with Gasteiger partial charge in [0.25, 0.3) is 0 Å². The molecule has 1 aliphatic rings. The van der Waals surface area contributed by atoms with Crippen LogP contribution in [0.25, 0.3) is 0 Å². The van der Waals surface area contributed by atoms with Crippen LogP contribution in [0, 0.1) is 0 Å². The Morgan fingerprint density at radius 1 is 1.00 bits per heavy atom. The maximum Gasteiger partial charge on any atom is 0.416 e. The molecule has 142 valence electrons. The summed E-state index contributed by atoms with van der Waals surface area (Å²) in [6.45, 7) is 5.96. The van der Waals surface area contributed by atoms with Crippen LogP contribution in [0.5, 0.6) is 0 Å². The number of halogens is 7. The van der Waals surface area contributed by atoms with E-state index in [1.165, 1.54) is 6.08 Å². The lowest BCUT2D eigenvalue weighted by Gasteiger charge is -2.35. The first kappa shape index (κ1) is 21.8. The highest BCUT2D eigenvalue weighted by atomic mass is 35.5. The number of nitrogens with one attached hydrogen (secondary N) is 1. The molecule has 25 heavy (non-hydrogen) atoms. The average molecular weight is 389 g/mol. The SMILES string of the molecule is C=CC[C@H](c1cc(C(F)(F)F)cc(C(F)(F)F)c1)N1CCNCC1.Cl. The maximum absolute atomic E-state index is 13.0. The van der Waals surface area contributed by atoms with E-state index in [1.54, 1.807) is 0 Å². The Morgan fingerprint density at radius 2 is 1.48 bits per heavy atom. The zero-order valence-corrected chi connectivity index (χ0v) is 14.1. The van der Waals surface area contributed by atoms with Crippen LogP contribution < -0.4 is 5.32 Å². The Balaban J connectivity index is 0.00000312. The molecular formula is C16H19ClF6N2. The van der Waals surface area contributed by atoms with Crippen molar-refractivity contribution in [1.82, 2.24) is 10.2 Å². The largest absolute Gasteiger partial charge is 0.416 e. The molecule has 1 N–H and O–H groups in total. The van der Waals surface area contributed by atoms with Gasteiger partial charge in [0, 0.05) is 32.2 Å². The summed E-state index contributed by atoms with van der Waals surface area (Å²) in [4.78, 5) is 1.88. The lowest BCUT2D eigenvalue weighted by Crippen LogP contribution is -2.45. The van der Waals surface area contributed by atoms with Gasteiger partial charge in [0.2, 0.25) is 0 Å². The molecular weight excluding hydrogens is 370 g/mol. The molecule has 2 nitrogen and oxygen atoms in total. The lowest BCUT2D eigenvalue weighted by atomic mass is 9.96. The summed E-state index contributed by atoms with van der Waals surface area (Å²) in [7, 11) is 0. The third-order valence-corrected chi connectivity index (χ3v) is 3.98. The Kier molecular flexibility index (Phi) is 7.34. The zero-order valence-electron chi connectivity index (χ0n) is 13.3. The lowest BCUT2D eigenvalue weighted by molar-refractivity contribution is -0.143. The summed E-state index contributed by atoms with van der Waals surface area (Å²) in [6.07, 6.45) is -7.88. The minimum Gasteiger partial charge on any atom is -0.314 e. The summed E-state index contributed by atoms with van der Waals surface area (Å²) in [5.41, 5.74) is -2.55. The molecule has 9 heteroatoms. The van der Waals surface area contributed by atoms with Crippen LogP contribution in [0.4, 0.5) is 26.3 Å². The van der Waals surface area contributed by atoms with Gasteiger partial charge >= 0.3 is 12.4 Å². The van der Waals surface area contributed by atoms with E-state index in [0.717, 1.165) is 12.1 Å². The highest BCUT2D eigenvalue weighted by Gasteiger charge is 2.38. The van der Waals surface area contributed by atoms with Crippen molar-refractivity contribution in [3.05, 3.63) is 47.5 Å². The normalized spacial score (nSPS) is 17.7. The second-order valence-corrected chi connectivity index (χ2v) is 5.67. The number of hydrogen-bond donors (Lipinski definition) is 1. The summed E-state index contributed by atoms with van der Waals surface area (Å²) in [5.74, 6) is 0. The van der Waals surface area contributed by atoms with Gasteiger partial charge in [-0.1, -0.05) is 6.08 Å². The molecule has 1 heterocycles. The molecule has 1 atom stereocenters. The molecule has 1 aromatic carbocycles. The van der Waals surface area contributed by atoms with Gasteiger partial charge < -0.3 is 5.32 Å². The highest BCUT2D eigenvalue weighted by molar-refractivity contribution is 5.85. The third-order valence-electron chi connectivity index (χ3n) is 3.98. The van der Waals surface area contributed by atoms with Gasteiger partial charge in [0.15, 0.2) is 0 Å². The zero-order chi connectivity index (χ0) is 18.0. The second kappa shape index (κ2) is 8.42. The molecule has 1 aliphatic heterocycles. The Morgan fingerprint density at radius 3 is 1.88 bits per heavy atom. The van der Waals surface area contributed by atoms with Crippen molar-refractivity contribution in [3.8, 4) is 0 Å². The van der Waals surface area contributed by atoms with Gasteiger partial charge in [0.1, 0.15) is 0 Å². The van der Waals surface area contributed by atoms with Crippen LogP contribution in [-0.4, -0.2) is 31.1 Å². The Labute approximate surface area is 148 Å². The van der Waals surface area contributed by atoms with E-state index in [-0.39, 0.29) is 30.5 Å². The van der Waals surface area contributed by atoms with E-state index in [4.69, 9.17) is 0 Å². The topological polar surface area (TPSA) is 15.3 Å². The van der Waals surface area contributed by atoms with E-state index in [1.807, 2.05) is 4.90 Å². The molecule has 0 aliphatic carbocycles.